The largest absolute Gasteiger partial charge is 0.366 e. The molecule has 4 aromatic rings. The quantitative estimate of drug-likeness (QED) is 0.510. The van der Waals surface area contributed by atoms with Gasteiger partial charge in [0.05, 0.1) is 0 Å². The van der Waals surface area contributed by atoms with Crippen molar-refractivity contribution in [3.8, 4) is 11.1 Å². The van der Waals surface area contributed by atoms with E-state index >= 15 is 0 Å². The number of benzene rings is 4. The minimum atomic E-state index is -0.406. The van der Waals surface area contributed by atoms with Gasteiger partial charge in [-0.3, -0.25) is 4.79 Å². The van der Waals surface area contributed by atoms with Crippen molar-refractivity contribution in [1.29, 1.82) is 0 Å². The maximum atomic E-state index is 11.4. The van der Waals surface area contributed by atoms with Gasteiger partial charge in [-0.25, -0.2) is 0 Å². The lowest BCUT2D eigenvalue weighted by atomic mass is 10.0. The van der Waals surface area contributed by atoms with Crippen LogP contribution in [-0.2, 0) is 13.1 Å². The zero-order valence-electron chi connectivity index (χ0n) is 15.6. The summed E-state index contributed by atoms with van der Waals surface area (Å²) in [5, 5.41) is 6.09. The van der Waals surface area contributed by atoms with Gasteiger partial charge in [0.2, 0.25) is 5.91 Å². The van der Waals surface area contributed by atoms with Crippen molar-refractivity contribution in [1.82, 2.24) is 5.32 Å². The van der Waals surface area contributed by atoms with E-state index in [0.29, 0.717) is 5.56 Å². The molecule has 28 heavy (non-hydrogen) atoms. The molecular formula is C25H22N2O. The Morgan fingerprint density at radius 2 is 1.50 bits per heavy atom. The molecular weight excluding hydrogens is 344 g/mol. The molecule has 0 bridgehead atoms. The predicted molar refractivity (Wildman–Crippen MR) is 115 cm³/mol. The van der Waals surface area contributed by atoms with Gasteiger partial charge in [-0.1, -0.05) is 78.9 Å². The Morgan fingerprint density at radius 1 is 0.750 bits per heavy atom. The summed E-state index contributed by atoms with van der Waals surface area (Å²) in [4.78, 5) is 11.4. The summed E-state index contributed by atoms with van der Waals surface area (Å²) in [5.74, 6) is -0.406. The zero-order chi connectivity index (χ0) is 19.3. The van der Waals surface area contributed by atoms with Crippen LogP contribution >= 0.6 is 0 Å². The smallest absolute Gasteiger partial charge is 0.248 e. The van der Waals surface area contributed by atoms with Crippen LogP contribution in [0.25, 0.3) is 21.9 Å². The highest BCUT2D eigenvalue weighted by Crippen LogP contribution is 2.21. The van der Waals surface area contributed by atoms with Crippen LogP contribution in [0.1, 0.15) is 21.5 Å². The fourth-order valence-electron chi connectivity index (χ4n) is 3.46. The van der Waals surface area contributed by atoms with Crippen molar-refractivity contribution in [2.45, 2.75) is 13.1 Å². The molecule has 3 nitrogen and oxygen atoms in total. The van der Waals surface area contributed by atoms with Crippen LogP contribution in [0, 0.1) is 0 Å². The number of primary amides is 1. The minimum absolute atomic E-state index is 0.406. The second kappa shape index (κ2) is 8.07. The van der Waals surface area contributed by atoms with E-state index in [9.17, 15) is 4.79 Å². The topological polar surface area (TPSA) is 55.1 Å². The summed E-state index contributed by atoms with van der Waals surface area (Å²) in [6.45, 7) is 1.62. The monoisotopic (exact) mass is 366 g/mol. The summed E-state index contributed by atoms with van der Waals surface area (Å²) >= 11 is 0. The van der Waals surface area contributed by atoms with E-state index in [0.717, 1.165) is 24.2 Å². The van der Waals surface area contributed by atoms with Crippen LogP contribution in [-0.4, -0.2) is 5.91 Å². The second-order valence-electron chi connectivity index (χ2n) is 6.88. The third-order valence-corrected chi connectivity index (χ3v) is 4.96. The van der Waals surface area contributed by atoms with Gasteiger partial charge in [0.15, 0.2) is 0 Å². The molecule has 0 fully saturated rings. The minimum Gasteiger partial charge on any atom is -0.366 e. The fraction of sp³-hybridized carbons (Fsp3) is 0.0800. The summed E-state index contributed by atoms with van der Waals surface area (Å²) in [7, 11) is 0. The average molecular weight is 366 g/mol. The molecule has 0 atom stereocenters. The molecule has 0 aromatic heterocycles. The lowest BCUT2D eigenvalue weighted by Gasteiger charge is -2.09. The van der Waals surface area contributed by atoms with Crippen LogP contribution in [0.4, 0.5) is 0 Å². The molecule has 3 N–H and O–H groups in total. The Kier molecular flexibility index (Phi) is 5.18. The van der Waals surface area contributed by atoms with Crippen molar-refractivity contribution in [3.63, 3.8) is 0 Å². The molecule has 4 aromatic carbocycles. The Labute approximate surface area is 164 Å². The van der Waals surface area contributed by atoms with Gasteiger partial charge in [0.25, 0.3) is 0 Å². The molecule has 4 rings (SSSR count). The number of carbonyl (C=O) groups excluding carboxylic acids is 1. The van der Waals surface area contributed by atoms with E-state index < -0.39 is 5.91 Å². The van der Waals surface area contributed by atoms with Gasteiger partial charge >= 0.3 is 0 Å². The highest BCUT2D eigenvalue weighted by Gasteiger charge is 2.04. The number of nitrogens with two attached hydrogens (primary N) is 1. The lowest BCUT2D eigenvalue weighted by Crippen LogP contribution is -2.12. The first-order valence-corrected chi connectivity index (χ1v) is 9.37. The molecule has 0 heterocycles. The molecule has 0 saturated heterocycles. The summed E-state index contributed by atoms with van der Waals surface area (Å²) in [5.41, 5.74) is 10.5. The fourth-order valence-corrected chi connectivity index (χ4v) is 3.46. The molecule has 0 unspecified atom stereocenters. The van der Waals surface area contributed by atoms with Crippen LogP contribution in [0.3, 0.4) is 0 Å². The number of fused-ring (bicyclic) bond motifs is 1. The van der Waals surface area contributed by atoms with Gasteiger partial charge in [0, 0.05) is 18.7 Å². The highest BCUT2D eigenvalue weighted by molar-refractivity contribution is 5.94. The first kappa shape index (κ1) is 18.0. The van der Waals surface area contributed by atoms with E-state index in [1.54, 1.807) is 6.07 Å². The zero-order valence-corrected chi connectivity index (χ0v) is 15.6. The lowest BCUT2D eigenvalue weighted by molar-refractivity contribution is 0.100. The molecule has 0 aliphatic carbocycles. The first-order chi connectivity index (χ1) is 13.7. The highest BCUT2D eigenvalue weighted by atomic mass is 16.1. The van der Waals surface area contributed by atoms with Gasteiger partial charge in [-0.2, -0.15) is 0 Å². The Bertz CT molecular complexity index is 1110. The van der Waals surface area contributed by atoms with Crippen molar-refractivity contribution in [2.24, 2.45) is 5.73 Å². The maximum absolute atomic E-state index is 11.4. The van der Waals surface area contributed by atoms with E-state index in [4.69, 9.17) is 5.73 Å². The molecule has 0 spiro atoms. The van der Waals surface area contributed by atoms with Crippen molar-refractivity contribution in [3.05, 3.63) is 108 Å². The number of nitrogens with one attached hydrogen (secondary N) is 1. The SMILES string of the molecule is NC(=O)c1cccc(-c2ccc(CNCc3cccc4ccccc34)cc2)c1. The molecule has 3 heteroatoms. The number of carbonyl (C=O) groups is 1. The van der Waals surface area contributed by atoms with Crippen molar-refractivity contribution >= 4 is 16.7 Å². The second-order valence-corrected chi connectivity index (χ2v) is 6.88. The maximum Gasteiger partial charge on any atom is 0.248 e. The molecule has 0 saturated carbocycles. The predicted octanol–water partition coefficient (Wildman–Crippen LogP) is 4.90. The van der Waals surface area contributed by atoms with E-state index in [1.165, 1.54) is 21.9 Å². The Morgan fingerprint density at radius 3 is 2.32 bits per heavy atom. The van der Waals surface area contributed by atoms with E-state index in [1.807, 2.05) is 18.2 Å². The Hall–Kier alpha value is -3.43. The first-order valence-electron chi connectivity index (χ1n) is 9.37. The van der Waals surface area contributed by atoms with Crippen LogP contribution in [0.5, 0.6) is 0 Å². The van der Waals surface area contributed by atoms with Crippen LogP contribution < -0.4 is 11.1 Å². The Balaban J connectivity index is 1.42. The van der Waals surface area contributed by atoms with Crippen molar-refractivity contribution < 1.29 is 4.79 Å². The number of rotatable bonds is 6. The van der Waals surface area contributed by atoms with E-state index in [-0.39, 0.29) is 0 Å². The third kappa shape index (κ3) is 3.95. The summed E-state index contributed by atoms with van der Waals surface area (Å²) < 4.78 is 0. The number of amides is 1. The van der Waals surface area contributed by atoms with Crippen molar-refractivity contribution in [2.75, 3.05) is 0 Å². The summed E-state index contributed by atoms with van der Waals surface area (Å²) in [6, 6.07) is 30.7. The van der Waals surface area contributed by atoms with Gasteiger partial charge in [-0.15, -0.1) is 0 Å². The van der Waals surface area contributed by atoms with Gasteiger partial charge in [0.1, 0.15) is 0 Å². The summed E-state index contributed by atoms with van der Waals surface area (Å²) in [6.07, 6.45) is 0. The number of hydrogen-bond donors (Lipinski definition) is 2. The molecule has 0 aliphatic rings. The standard InChI is InChI=1S/C25H22N2O/c26-25(28)22-8-4-7-21(15-22)19-13-11-18(12-14-19)16-27-17-23-9-3-6-20-5-1-2-10-24(20)23/h1-15,27H,16-17H2,(H2,26,28). The third-order valence-electron chi connectivity index (χ3n) is 4.96. The van der Waals surface area contributed by atoms with Gasteiger partial charge < -0.3 is 11.1 Å². The molecule has 0 radical (unpaired) electrons. The van der Waals surface area contributed by atoms with Crippen LogP contribution in [0.2, 0.25) is 0 Å². The van der Waals surface area contributed by atoms with Crippen LogP contribution in [0.15, 0.2) is 91.0 Å². The molecule has 0 aliphatic heterocycles. The average Bonchev–Trinajstić information content (AvgIpc) is 2.74. The van der Waals surface area contributed by atoms with E-state index in [2.05, 4.69) is 72.0 Å². The molecule has 1 amide bonds. The normalized spacial score (nSPS) is 10.9. The molecule has 138 valence electrons. The number of hydrogen-bond acceptors (Lipinski definition) is 2. The van der Waals surface area contributed by atoms with Gasteiger partial charge in [-0.05, 0) is 45.2 Å².